The van der Waals surface area contributed by atoms with Crippen LogP contribution in [0.5, 0.6) is 0 Å². The lowest BCUT2D eigenvalue weighted by molar-refractivity contribution is 0.0285. The first-order chi connectivity index (χ1) is 11.7. The monoisotopic (exact) mass is 350 g/mol. The van der Waals surface area contributed by atoms with Crippen LogP contribution >= 0.6 is 12.2 Å². The van der Waals surface area contributed by atoms with Gasteiger partial charge in [-0.05, 0) is 24.7 Å². The summed E-state index contributed by atoms with van der Waals surface area (Å²) in [7, 11) is 1.66. The lowest BCUT2D eigenvalue weighted by atomic mass is 10.0. The normalized spacial score (nSPS) is 17.3. The number of benzene rings is 1. The minimum Gasteiger partial charge on any atom is -0.383 e. The zero-order chi connectivity index (χ0) is 17.2. The highest BCUT2D eigenvalue weighted by atomic mass is 32.1. The average molecular weight is 350 g/mol. The van der Waals surface area contributed by atoms with Crippen molar-refractivity contribution in [2.24, 2.45) is 5.10 Å². The summed E-state index contributed by atoms with van der Waals surface area (Å²) >= 11 is 5.23. The third kappa shape index (κ3) is 5.83. The van der Waals surface area contributed by atoms with Crippen LogP contribution in [0.15, 0.2) is 35.4 Å². The second kappa shape index (κ2) is 10.4. The molecule has 1 saturated heterocycles. The first-order valence-electron chi connectivity index (χ1n) is 8.16. The molecule has 0 unspecified atom stereocenters. The van der Waals surface area contributed by atoms with Gasteiger partial charge in [0, 0.05) is 26.7 Å². The van der Waals surface area contributed by atoms with Crippen molar-refractivity contribution in [2.75, 3.05) is 46.6 Å². The van der Waals surface area contributed by atoms with Gasteiger partial charge >= 0.3 is 0 Å². The summed E-state index contributed by atoms with van der Waals surface area (Å²) in [5, 5.41) is 8.05. The number of rotatable bonds is 7. The summed E-state index contributed by atoms with van der Waals surface area (Å²) in [5.74, 6) is 0. The van der Waals surface area contributed by atoms with Gasteiger partial charge in [0.2, 0.25) is 0 Å². The fourth-order valence-corrected chi connectivity index (χ4v) is 2.84. The van der Waals surface area contributed by atoms with E-state index >= 15 is 0 Å². The zero-order valence-electron chi connectivity index (χ0n) is 14.3. The number of thiocarbonyl (C=S) groups is 1. The smallest absolute Gasteiger partial charge is 0.187 e. The molecule has 1 aromatic rings. The quantitative estimate of drug-likeness (QED) is 0.337. The first kappa shape index (κ1) is 18.8. The molecule has 2 rings (SSSR count). The molecule has 0 bridgehead atoms. The van der Waals surface area contributed by atoms with E-state index in [9.17, 15) is 0 Å². The average Bonchev–Trinajstić information content (AvgIpc) is 2.62. The van der Waals surface area contributed by atoms with Gasteiger partial charge in [-0.2, -0.15) is 5.10 Å². The largest absolute Gasteiger partial charge is 0.383 e. The molecule has 0 radical (unpaired) electrons. The number of hydrogen-bond acceptors (Lipinski definition) is 5. The number of hydrogen-bond donors (Lipinski definition) is 2. The van der Waals surface area contributed by atoms with Crippen LogP contribution in [0.1, 0.15) is 18.5 Å². The molecule has 6 nitrogen and oxygen atoms in total. The second-order valence-corrected chi connectivity index (χ2v) is 5.98. The van der Waals surface area contributed by atoms with Crippen molar-refractivity contribution in [1.29, 1.82) is 0 Å². The van der Waals surface area contributed by atoms with E-state index in [0.29, 0.717) is 18.3 Å². The van der Waals surface area contributed by atoms with Gasteiger partial charge in [-0.25, -0.2) is 0 Å². The van der Waals surface area contributed by atoms with Gasteiger partial charge in [-0.15, -0.1) is 0 Å². The Balaban J connectivity index is 2.05. The van der Waals surface area contributed by atoms with E-state index in [-0.39, 0.29) is 6.04 Å². The van der Waals surface area contributed by atoms with E-state index < -0.39 is 0 Å². The lowest BCUT2D eigenvalue weighted by Crippen LogP contribution is -2.42. The highest BCUT2D eigenvalue weighted by Crippen LogP contribution is 2.23. The molecule has 0 aromatic heterocycles. The van der Waals surface area contributed by atoms with Crippen molar-refractivity contribution in [3.63, 3.8) is 0 Å². The Morgan fingerprint density at radius 3 is 2.71 bits per heavy atom. The molecular formula is C17H26N4O2S. The predicted octanol–water partition coefficient (Wildman–Crippen LogP) is 1.55. The van der Waals surface area contributed by atoms with Gasteiger partial charge < -0.3 is 14.8 Å². The molecule has 0 aliphatic carbocycles. The van der Waals surface area contributed by atoms with Crippen molar-refractivity contribution in [3.05, 3.63) is 35.9 Å². The maximum atomic E-state index is 5.48. The molecule has 132 valence electrons. The van der Waals surface area contributed by atoms with Crippen LogP contribution in [0.4, 0.5) is 0 Å². The van der Waals surface area contributed by atoms with Crippen LogP contribution in [0.2, 0.25) is 0 Å². The Morgan fingerprint density at radius 2 is 2.04 bits per heavy atom. The molecule has 0 amide bonds. The van der Waals surface area contributed by atoms with Gasteiger partial charge in [0.1, 0.15) is 0 Å². The number of ether oxygens (including phenoxy) is 2. The van der Waals surface area contributed by atoms with E-state index in [1.165, 1.54) is 5.56 Å². The summed E-state index contributed by atoms with van der Waals surface area (Å²) in [5.41, 5.74) is 5.12. The van der Waals surface area contributed by atoms with Crippen molar-refractivity contribution in [1.82, 2.24) is 15.6 Å². The molecule has 7 heteroatoms. The molecule has 1 heterocycles. The summed E-state index contributed by atoms with van der Waals surface area (Å²) < 4.78 is 10.5. The number of nitrogens with one attached hydrogen (secondary N) is 2. The predicted molar refractivity (Wildman–Crippen MR) is 100 cm³/mol. The van der Waals surface area contributed by atoms with Crippen LogP contribution in [0.25, 0.3) is 0 Å². The lowest BCUT2D eigenvalue weighted by Gasteiger charge is -2.34. The van der Waals surface area contributed by atoms with Crippen molar-refractivity contribution in [3.8, 4) is 0 Å². The molecule has 1 atom stereocenters. The standard InChI is InChI=1S/C17H26N4O2S/c1-14(19-20-17(24)18-8-11-22-2)16(15-6-4-3-5-7-15)21-9-12-23-13-10-21/h3-7,16H,8-13H2,1-2H3,(H2,18,20,24)/b19-14-/t16-/m1/s1. The van der Waals surface area contributed by atoms with E-state index in [2.05, 4.69) is 45.0 Å². The minimum atomic E-state index is 0.115. The first-order valence-corrected chi connectivity index (χ1v) is 8.57. The Labute approximate surface area is 149 Å². The molecule has 1 aromatic carbocycles. The SMILES string of the molecule is COCCNC(=S)N/N=C(/C)[C@H](c1ccccc1)N1CCOCC1. The second-order valence-electron chi connectivity index (χ2n) is 5.58. The van der Waals surface area contributed by atoms with Crippen LogP contribution in [0, 0.1) is 0 Å². The van der Waals surface area contributed by atoms with E-state index in [4.69, 9.17) is 21.7 Å². The number of morpholine rings is 1. The Hall–Kier alpha value is -1.54. The molecule has 0 spiro atoms. The van der Waals surface area contributed by atoms with Crippen molar-refractivity contribution >= 4 is 23.0 Å². The molecule has 1 aliphatic rings. The van der Waals surface area contributed by atoms with Crippen molar-refractivity contribution < 1.29 is 9.47 Å². The van der Waals surface area contributed by atoms with Crippen LogP contribution in [0.3, 0.4) is 0 Å². The van der Waals surface area contributed by atoms with Gasteiger partial charge in [-0.3, -0.25) is 10.3 Å². The summed E-state index contributed by atoms with van der Waals surface area (Å²) in [6.07, 6.45) is 0. The summed E-state index contributed by atoms with van der Waals surface area (Å²) in [4.78, 5) is 2.39. The molecular weight excluding hydrogens is 324 g/mol. The third-order valence-corrected chi connectivity index (χ3v) is 4.08. The highest BCUT2D eigenvalue weighted by Gasteiger charge is 2.25. The maximum absolute atomic E-state index is 5.48. The minimum absolute atomic E-state index is 0.115. The highest BCUT2D eigenvalue weighted by molar-refractivity contribution is 7.80. The van der Waals surface area contributed by atoms with Crippen LogP contribution in [-0.2, 0) is 9.47 Å². The van der Waals surface area contributed by atoms with Crippen molar-refractivity contribution in [2.45, 2.75) is 13.0 Å². The summed E-state index contributed by atoms with van der Waals surface area (Å²) in [6.45, 7) is 6.57. The molecule has 1 fully saturated rings. The number of nitrogens with zero attached hydrogens (tertiary/aromatic N) is 2. The Morgan fingerprint density at radius 1 is 1.33 bits per heavy atom. The number of methoxy groups -OCH3 is 1. The van der Waals surface area contributed by atoms with Gasteiger partial charge in [0.15, 0.2) is 5.11 Å². The van der Waals surface area contributed by atoms with Crippen LogP contribution < -0.4 is 10.7 Å². The molecule has 1 aliphatic heterocycles. The fourth-order valence-electron chi connectivity index (χ4n) is 2.69. The van der Waals surface area contributed by atoms with Crippen LogP contribution in [-0.4, -0.2) is 62.3 Å². The third-order valence-electron chi connectivity index (χ3n) is 3.85. The summed E-state index contributed by atoms with van der Waals surface area (Å²) in [6, 6.07) is 10.5. The van der Waals surface area contributed by atoms with E-state index in [1.807, 2.05) is 13.0 Å². The Kier molecular flexibility index (Phi) is 8.11. The zero-order valence-corrected chi connectivity index (χ0v) is 15.1. The van der Waals surface area contributed by atoms with Gasteiger partial charge in [-0.1, -0.05) is 30.3 Å². The maximum Gasteiger partial charge on any atom is 0.187 e. The fraction of sp³-hybridized carbons (Fsp3) is 0.529. The number of hydrazone groups is 1. The molecule has 0 saturated carbocycles. The van der Waals surface area contributed by atoms with Gasteiger partial charge in [0.05, 0.1) is 31.6 Å². The molecule has 2 N–H and O–H groups in total. The van der Waals surface area contributed by atoms with Gasteiger partial charge in [0.25, 0.3) is 0 Å². The Bertz CT molecular complexity index is 533. The topological polar surface area (TPSA) is 58.1 Å². The molecule has 24 heavy (non-hydrogen) atoms. The van der Waals surface area contributed by atoms with E-state index in [0.717, 1.165) is 32.0 Å². The van der Waals surface area contributed by atoms with E-state index in [1.54, 1.807) is 7.11 Å².